The minimum absolute atomic E-state index is 0.0823. The molecular formula is C27H36O4. The van der Waals surface area contributed by atoms with Crippen LogP contribution in [0.1, 0.15) is 70.8 Å². The highest BCUT2D eigenvalue weighted by molar-refractivity contribution is 5.91. The SMILES string of the molecule is C[C@]12CC[C@H]3[C@@H](CCC4=CC(=O)CC[C@@]43C)[C@@H]1CC[C@@H]2O.O=C(O)Cc1ccccc1. The summed E-state index contributed by atoms with van der Waals surface area (Å²) < 4.78 is 0. The predicted molar refractivity (Wildman–Crippen MR) is 120 cm³/mol. The number of carboxylic acid groups (broad SMARTS) is 1. The van der Waals surface area contributed by atoms with Crippen LogP contribution in [0.5, 0.6) is 0 Å². The van der Waals surface area contributed by atoms with Gasteiger partial charge in [0.15, 0.2) is 5.78 Å². The number of hydrogen-bond acceptors (Lipinski definition) is 3. The maximum absolute atomic E-state index is 11.8. The molecule has 0 unspecified atom stereocenters. The molecule has 0 aliphatic heterocycles. The summed E-state index contributed by atoms with van der Waals surface area (Å²) in [4.78, 5) is 22.0. The van der Waals surface area contributed by atoms with E-state index in [1.807, 2.05) is 24.3 Å². The number of carbonyl (C=O) groups excluding carboxylic acids is 1. The molecule has 4 nitrogen and oxygen atoms in total. The lowest BCUT2D eigenvalue weighted by Crippen LogP contribution is -2.51. The molecule has 4 aliphatic rings. The van der Waals surface area contributed by atoms with Gasteiger partial charge in [0.05, 0.1) is 12.5 Å². The molecule has 168 valence electrons. The minimum atomic E-state index is -0.786. The van der Waals surface area contributed by atoms with E-state index < -0.39 is 5.97 Å². The van der Waals surface area contributed by atoms with E-state index in [-0.39, 0.29) is 23.4 Å². The molecule has 0 saturated heterocycles. The lowest BCUT2D eigenvalue weighted by molar-refractivity contribution is -0.136. The molecule has 0 bridgehead atoms. The molecule has 1 aromatic rings. The van der Waals surface area contributed by atoms with Crippen molar-refractivity contribution >= 4 is 11.8 Å². The topological polar surface area (TPSA) is 74.6 Å². The van der Waals surface area contributed by atoms with Gasteiger partial charge in [0.1, 0.15) is 0 Å². The first kappa shape index (κ1) is 22.3. The molecule has 3 saturated carbocycles. The van der Waals surface area contributed by atoms with E-state index in [0.717, 1.165) is 43.1 Å². The lowest BCUT2D eigenvalue weighted by Gasteiger charge is -2.57. The minimum Gasteiger partial charge on any atom is -0.481 e. The molecule has 3 fully saturated rings. The van der Waals surface area contributed by atoms with Gasteiger partial charge in [0.25, 0.3) is 0 Å². The highest BCUT2D eigenvalue weighted by Gasteiger charge is 2.58. The number of fused-ring (bicyclic) bond motifs is 5. The average Bonchev–Trinajstić information content (AvgIpc) is 3.04. The third kappa shape index (κ3) is 4.11. The van der Waals surface area contributed by atoms with E-state index in [4.69, 9.17) is 5.11 Å². The van der Waals surface area contributed by atoms with Gasteiger partial charge in [-0.2, -0.15) is 0 Å². The number of aliphatic hydroxyl groups is 1. The van der Waals surface area contributed by atoms with Crippen LogP contribution >= 0.6 is 0 Å². The molecule has 0 spiro atoms. The first-order valence-electron chi connectivity index (χ1n) is 11.9. The van der Waals surface area contributed by atoms with Gasteiger partial charge < -0.3 is 10.2 Å². The van der Waals surface area contributed by atoms with Crippen LogP contribution in [0.4, 0.5) is 0 Å². The summed E-state index contributed by atoms with van der Waals surface area (Å²) >= 11 is 0. The standard InChI is InChI=1S/C19H28O2.C8H8O2/c1-18-9-7-13(20)11-12(18)3-4-14-15-5-6-17(21)19(15,2)10-8-16(14)18;9-8(10)6-7-4-2-1-3-5-7/h11,14-17,21H,3-10H2,1-2H3;1-5H,6H2,(H,9,10)/t14-,15-,16-,17-,18-,19-;/m0./s1. The quantitative estimate of drug-likeness (QED) is 0.685. The zero-order chi connectivity index (χ0) is 22.2. The Morgan fingerprint density at radius 3 is 2.45 bits per heavy atom. The van der Waals surface area contributed by atoms with E-state index in [1.54, 1.807) is 12.1 Å². The number of carbonyl (C=O) groups is 2. The van der Waals surface area contributed by atoms with Crippen LogP contribution < -0.4 is 0 Å². The number of aliphatic hydroxyl groups excluding tert-OH is 1. The zero-order valence-corrected chi connectivity index (χ0v) is 18.8. The van der Waals surface area contributed by atoms with Gasteiger partial charge in [-0.25, -0.2) is 0 Å². The van der Waals surface area contributed by atoms with Gasteiger partial charge in [-0.1, -0.05) is 49.8 Å². The Bertz CT molecular complexity index is 859. The van der Waals surface area contributed by atoms with Crippen LogP contribution in [0.3, 0.4) is 0 Å². The molecule has 0 radical (unpaired) electrons. The van der Waals surface area contributed by atoms with Crippen molar-refractivity contribution in [2.75, 3.05) is 0 Å². The van der Waals surface area contributed by atoms with Crippen LogP contribution in [0.2, 0.25) is 0 Å². The van der Waals surface area contributed by atoms with E-state index >= 15 is 0 Å². The summed E-state index contributed by atoms with van der Waals surface area (Å²) in [6, 6.07) is 9.13. The largest absolute Gasteiger partial charge is 0.481 e. The summed E-state index contributed by atoms with van der Waals surface area (Å²) in [5.41, 5.74) is 2.73. The molecule has 0 heterocycles. The zero-order valence-electron chi connectivity index (χ0n) is 18.8. The molecule has 5 rings (SSSR count). The molecule has 31 heavy (non-hydrogen) atoms. The normalized spacial score (nSPS) is 38.7. The average molecular weight is 425 g/mol. The summed E-state index contributed by atoms with van der Waals surface area (Å²) in [7, 11) is 0. The number of benzene rings is 1. The fourth-order valence-corrected chi connectivity index (χ4v) is 7.30. The summed E-state index contributed by atoms with van der Waals surface area (Å²) in [6.07, 6.45) is 10.8. The van der Waals surface area contributed by atoms with E-state index in [9.17, 15) is 14.7 Å². The maximum Gasteiger partial charge on any atom is 0.307 e. The predicted octanol–water partition coefficient (Wildman–Crippen LogP) is 5.19. The molecule has 0 amide bonds. The number of ketones is 1. The van der Waals surface area contributed by atoms with Crippen LogP contribution in [0.15, 0.2) is 42.0 Å². The number of rotatable bonds is 2. The number of carboxylic acids is 1. The maximum atomic E-state index is 11.8. The van der Waals surface area contributed by atoms with Crippen molar-refractivity contribution in [1.29, 1.82) is 0 Å². The number of allylic oxidation sites excluding steroid dienone is 1. The van der Waals surface area contributed by atoms with Crippen molar-refractivity contribution in [1.82, 2.24) is 0 Å². The van der Waals surface area contributed by atoms with Gasteiger partial charge in [0.2, 0.25) is 0 Å². The van der Waals surface area contributed by atoms with Gasteiger partial charge in [-0.05, 0) is 85.2 Å². The smallest absolute Gasteiger partial charge is 0.307 e. The second kappa shape index (κ2) is 8.54. The Morgan fingerprint density at radius 1 is 1.00 bits per heavy atom. The van der Waals surface area contributed by atoms with Crippen molar-refractivity contribution in [2.24, 2.45) is 28.6 Å². The molecule has 6 atom stereocenters. The van der Waals surface area contributed by atoms with Gasteiger partial charge in [0, 0.05) is 6.42 Å². The van der Waals surface area contributed by atoms with Crippen LogP contribution in [0.25, 0.3) is 0 Å². The molecule has 4 heteroatoms. The Labute approximate surface area is 185 Å². The Morgan fingerprint density at radius 2 is 1.74 bits per heavy atom. The first-order chi connectivity index (χ1) is 14.7. The van der Waals surface area contributed by atoms with E-state index in [0.29, 0.717) is 11.7 Å². The van der Waals surface area contributed by atoms with Crippen molar-refractivity contribution in [3.8, 4) is 0 Å². The van der Waals surface area contributed by atoms with Crippen molar-refractivity contribution < 1.29 is 19.8 Å². The summed E-state index contributed by atoms with van der Waals surface area (Å²) in [5, 5.41) is 18.8. The fourth-order valence-electron chi connectivity index (χ4n) is 7.30. The van der Waals surface area contributed by atoms with Gasteiger partial charge in [-0.15, -0.1) is 0 Å². The molecule has 0 aromatic heterocycles. The molecular weight excluding hydrogens is 388 g/mol. The van der Waals surface area contributed by atoms with Crippen LogP contribution in [-0.4, -0.2) is 28.1 Å². The van der Waals surface area contributed by atoms with Crippen molar-refractivity contribution in [3.63, 3.8) is 0 Å². The third-order valence-corrected chi connectivity index (χ3v) is 9.11. The van der Waals surface area contributed by atoms with Gasteiger partial charge >= 0.3 is 5.97 Å². The highest BCUT2D eigenvalue weighted by Crippen LogP contribution is 2.65. The third-order valence-electron chi connectivity index (χ3n) is 9.11. The molecule has 4 aliphatic carbocycles. The highest BCUT2D eigenvalue weighted by atomic mass is 16.4. The summed E-state index contributed by atoms with van der Waals surface area (Å²) in [5.74, 6) is 1.79. The number of hydrogen-bond donors (Lipinski definition) is 2. The van der Waals surface area contributed by atoms with E-state index in [2.05, 4.69) is 13.8 Å². The Hall–Kier alpha value is -1.94. The van der Waals surface area contributed by atoms with Crippen LogP contribution in [-0.2, 0) is 16.0 Å². The van der Waals surface area contributed by atoms with Crippen LogP contribution in [0, 0.1) is 28.6 Å². The second-order valence-electron chi connectivity index (χ2n) is 10.7. The summed E-state index contributed by atoms with van der Waals surface area (Å²) in [6.45, 7) is 4.76. The lowest BCUT2D eigenvalue weighted by atomic mass is 9.47. The Balaban J connectivity index is 0.000000196. The van der Waals surface area contributed by atoms with Crippen molar-refractivity contribution in [3.05, 3.63) is 47.5 Å². The number of aliphatic carboxylic acids is 1. The van der Waals surface area contributed by atoms with Crippen molar-refractivity contribution in [2.45, 2.75) is 77.7 Å². The molecule has 2 N–H and O–H groups in total. The monoisotopic (exact) mass is 424 g/mol. The Kier molecular flexibility index (Phi) is 6.13. The fraction of sp³-hybridized carbons (Fsp3) is 0.630. The van der Waals surface area contributed by atoms with E-state index in [1.165, 1.54) is 31.3 Å². The first-order valence-corrected chi connectivity index (χ1v) is 11.9. The second-order valence-corrected chi connectivity index (χ2v) is 10.7. The molecule has 1 aromatic carbocycles. The van der Waals surface area contributed by atoms with Gasteiger partial charge in [-0.3, -0.25) is 9.59 Å².